The maximum atomic E-state index is 12.1. The Balaban J connectivity index is -0.000000919. The van der Waals surface area contributed by atoms with E-state index >= 15 is 0 Å². The number of aromatic carboxylic acids is 2. The van der Waals surface area contributed by atoms with Gasteiger partial charge in [-0.3, -0.25) is 30.3 Å². The predicted molar refractivity (Wildman–Crippen MR) is 330 cm³/mol. The third-order valence-electron chi connectivity index (χ3n) is 9.71. The summed E-state index contributed by atoms with van der Waals surface area (Å²) in [4.78, 5) is 69.9. The largest absolute Gasteiger partial charge is 0.478 e. The molecule has 0 spiro atoms. The van der Waals surface area contributed by atoms with E-state index in [1.807, 2.05) is 161 Å². The molecule has 0 bridgehead atoms. The molecule has 0 fully saturated rings. The average Bonchev–Trinajstić information content (AvgIpc) is 3.51. The lowest BCUT2D eigenvalue weighted by molar-refractivity contribution is -0.445. The summed E-state index contributed by atoms with van der Waals surface area (Å²) in [6, 6.07) is 58.7. The van der Waals surface area contributed by atoms with Crippen LogP contribution in [0.1, 0.15) is 114 Å². The highest BCUT2D eigenvalue weighted by Crippen LogP contribution is 2.15. The van der Waals surface area contributed by atoms with Crippen molar-refractivity contribution in [3.05, 3.63) is 298 Å². The molecule has 18 heteroatoms. The Bertz CT molecular complexity index is 2910. The van der Waals surface area contributed by atoms with Gasteiger partial charge in [0.1, 0.15) is 13.2 Å². The van der Waals surface area contributed by atoms with Crippen LogP contribution in [0, 0.1) is 44.2 Å². The maximum Gasteiger partial charge on any atom is 0.339 e. The number of nitrogens with two attached hydrogens (primary N) is 1. The fraction of sp³-hybridized carbons (Fsp3) is 0.231. The van der Waals surface area contributed by atoms with Crippen LogP contribution in [-0.2, 0) is 35.5 Å². The Kier molecular flexibility index (Phi) is 46.8. The second kappa shape index (κ2) is 50.3. The van der Waals surface area contributed by atoms with Crippen molar-refractivity contribution in [2.24, 2.45) is 5.73 Å². The van der Waals surface area contributed by atoms with Crippen LogP contribution in [0.5, 0.6) is 0 Å². The van der Waals surface area contributed by atoms with E-state index in [9.17, 15) is 19.2 Å². The first kappa shape index (κ1) is 77.3. The van der Waals surface area contributed by atoms with Gasteiger partial charge in [0.15, 0.2) is 21.1 Å². The number of nitrogens with zero attached hydrogens (tertiary/aromatic N) is 3. The minimum Gasteiger partial charge on any atom is -0.478 e. The van der Waals surface area contributed by atoms with E-state index in [0.29, 0.717) is 35.5 Å². The van der Waals surface area contributed by atoms with Gasteiger partial charge in [-0.05, 0) is 111 Å². The van der Waals surface area contributed by atoms with Gasteiger partial charge in [-0.2, -0.15) is 0 Å². The summed E-state index contributed by atoms with van der Waals surface area (Å²) >= 11 is 0. The van der Waals surface area contributed by atoms with Gasteiger partial charge in [0.05, 0.1) is 22.3 Å². The lowest BCUT2D eigenvalue weighted by Gasteiger charge is -2.07. The lowest BCUT2D eigenvalue weighted by atomic mass is 10.0. The Morgan fingerprint density at radius 2 is 0.795 bits per heavy atom. The van der Waals surface area contributed by atoms with Crippen LogP contribution in [0.2, 0.25) is 0 Å². The molecule has 83 heavy (non-hydrogen) atoms. The molecule has 7 aromatic rings. The molecule has 0 aliphatic rings. The second-order valence-electron chi connectivity index (χ2n) is 16.4. The van der Waals surface area contributed by atoms with E-state index in [0.717, 1.165) is 73.8 Å². The number of carbonyl (C=O) groups excluding carboxylic acids is 2. The Hall–Kier alpha value is -9.94. The molecule has 7 aromatic carbocycles. The van der Waals surface area contributed by atoms with Gasteiger partial charge in [0.25, 0.3) is 0 Å². The SMILES string of the molecule is C/C=C/c1ccccc1C(=O)OCc1ccccc1.C=CC.CCCc1ccccc1C(=O)O.CCc1ccccc1.CN.C[N+](=O)[O-].C[N+](=O)[O-].C[N+](=O)[O-].Cc1ccccc1C(=O)O.Cc1ccccc1C(=O)OCc1ccccc1. The molecule has 0 saturated carbocycles. The number of hydrogen-bond donors (Lipinski definition) is 3. The standard InChI is InChI=1S/C17H16O2.C15H14O2.C10H12O2.C8H8O2.C8H10.C3H6.3CH3NO2.CH5N/c1-2-8-15-11-6-7-12-16(15)17(18)19-13-14-9-4-3-5-10-14;1-12-7-5-6-10-14(12)15(16)17-11-13-8-3-2-4-9-13;1-2-5-8-6-3-4-7-9(8)10(11)12;1-6-4-2-3-5-7(6)8(9)10;1-2-8-6-4-3-5-7-8;1-3-2;3*1-2(3)4;1-2/h2-12H,13H2,1H3;2-10H,11H2,1H3;3-4,6-7H,2,5H2,1H3,(H,11,12);2-5H,1H3,(H,9,10);3-7H,2H2,1H3;3H,1H2,2H3;3*1H3;2H2,1H3/b8-2+;;;;;;;;;. The maximum absolute atomic E-state index is 12.1. The number of ether oxygens (including phenoxy) is 2. The molecule has 7 rings (SSSR count). The molecule has 0 radical (unpaired) electrons. The van der Waals surface area contributed by atoms with Crippen LogP contribution in [-0.4, -0.2) is 77.1 Å². The van der Waals surface area contributed by atoms with E-state index in [1.54, 1.807) is 55.5 Å². The molecule has 4 N–H and O–H groups in total. The zero-order valence-corrected chi connectivity index (χ0v) is 49.1. The zero-order valence-electron chi connectivity index (χ0n) is 49.1. The summed E-state index contributed by atoms with van der Waals surface area (Å²) < 4.78 is 10.6. The van der Waals surface area contributed by atoms with Gasteiger partial charge in [-0.1, -0.05) is 202 Å². The molecule has 0 amide bonds. The van der Waals surface area contributed by atoms with Crippen molar-refractivity contribution in [3.8, 4) is 0 Å². The predicted octanol–water partition coefficient (Wildman–Crippen LogP) is 14.2. The van der Waals surface area contributed by atoms with Crippen LogP contribution in [0.3, 0.4) is 0 Å². The van der Waals surface area contributed by atoms with Gasteiger partial charge in [-0.15, -0.1) is 6.58 Å². The van der Waals surface area contributed by atoms with Crippen molar-refractivity contribution in [2.75, 3.05) is 28.2 Å². The molecule has 0 aliphatic heterocycles. The monoisotopic (exact) mass is 1140 g/mol. The second-order valence-corrected chi connectivity index (χ2v) is 16.4. The number of nitro groups is 3. The normalized spacial score (nSPS) is 9.00. The number of rotatable bonds is 12. The van der Waals surface area contributed by atoms with Crippen molar-refractivity contribution in [1.82, 2.24) is 0 Å². The van der Waals surface area contributed by atoms with Crippen LogP contribution < -0.4 is 5.73 Å². The van der Waals surface area contributed by atoms with Gasteiger partial charge in [0, 0.05) is 14.8 Å². The third kappa shape index (κ3) is 41.7. The van der Waals surface area contributed by atoms with Gasteiger partial charge in [0.2, 0.25) is 0 Å². The molecule has 18 nitrogen and oxygen atoms in total. The van der Waals surface area contributed by atoms with E-state index in [1.165, 1.54) is 12.6 Å². The van der Waals surface area contributed by atoms with E-state index in [4.69, 9.17) is 50.0 Å². The van der Waals surface area contributed by atoms with Crippen LogP contribution in [0.25, 0.3) is 6.08 Å². The zero-order chi connectivity index (χ0) is 63.4. The Morgan fingerprint density at radius 1 is 0.494 bits per heavy atom. The van der Waals surface area contributed by atoms with Crippen molar-refractivity contribution >= 4 is 30.0 Å². The molecule has 0 atom stereocenters. The van der Waals surface area contributed by atoms with Crippen molar-refractivity contribution in [2.45, 2.75) is 74.0 Å². The molecule has 0 aromatic heterocycles. The molecular formula is C65H80N4O14. The summed E-state index contributed by atoms with van der Waals surface area (Å²) in [6.07, 6.45) is 8.51. The quantitative estimate of drug-likeness (QED) is 0.0444. The first-order valence-electron chi connectivity index (χ1n) is 25.8. The number of hydrogen-bond acceptors (Lipinski definition) is 13. The summed E-state index contributed by atoms with van der Waals surface area (Å²) in [5.41, 5.74) is 13.5. The van der Waals surface area contributed by atoms with Crippen LogP contribution >= 0.6 is 0 Å². The fourth-order valence-corrected chi connectivity index (χ4v) is 6.15. The highest BCUT2D eigenvalue weighted by molar-refractivity contribution is 5.94. The van der Waals surface area contributed by atoms with E-state index in [-0.39, 0.29) is 11.9 Å². The van der Waals surface area contributed by atoms with Crippen molar-refractivity contribution < 1.29 is 53.6 Å². The van der Waals surface area contributed by atoms with E-state index in [2.05, 4.69) is 43.5 Å². The summed E-state index contributed by atoms with van der Waals surface area (Å²) in [5, 5.41) is 43.8. The van der Waals surface area contributed by atoms with Crippen molar-refractivity contribution in [1.29, 1.82) is 0 Å². The van der Waals surface area contributed by atoms with Gasteiger partial charge < -0.3 is 25.4 Å². The first-order valence-corrected chi connectivity index (χ1v) is 25.8. The summed E-state index contributed by atoms with van der Waals surface area (Å²) in [6.45, 7) is 15.7. The number of carbonyl (C=O) groups is 4. The van der Waals surface area contributed by atoms with Crippen LogP contribution in [0.4, 0.5) is 0 Å². The number of carboxylic acid groups (broad SMARTS) is 2. The number of allylic oxidation sites excluding steroid dienone is 2. The highest BCUT2D eigenvalue weighted by atomic mass is 16.6. The molecule has 0 aliphatic carbocycles. The molecule has 0 unspecified atom stereocenters. The Labute approximate surface area is 488 Å². The Morgan fingerprint density at radius 3 is 1.12 bits per heavy atom. The molecule has 0 heterocycles. The molecule has 444 valence electrons. The highest BCUT2D eigenvalue weighted by Gasteiger charge is 2.12. The number of aryl methyl sites for hydroxylation is 4. The summed E-state index contributed by atoms with van der Waals surface area (Å²) in [5.74, 6) is -2.26. The first-order chi connectivity index (χ1) is 39.6. The molecule has 0 saturated heterocycles. The van der Waals surface area contributed by atoms with Crippen molar-refractivity contribution in [3.63, 3.8) is 0 Å². The van der Waals surface area contributed by atoms with Crippen LogP contribution in [0.15, 0.2) is 207 Å². The minimum absolute atomic E-state index is 0.271. The number of carboxylic acids is 2. The average molecular weight is 1140 g/mol. The molecular weight excluding hydrogens is 1060 g/mol. The smallest absolute Gasteiger partial charge is 0.339 e. The summed E-state index contributed by atoms with van der Waals surface area (Å²) in [7, 11) is 4.17. The lowest BCUT2D eigenvalue weighted by Crippen LogP contribution is -2.06. The number of benzene rings is 7. The third-order valence-corrected chi connectivity index (χ3v) is 9.71. The minimum atomic E-state index is -0.863. The van der Waals surface area contributed by atoms with Gasteiger partial charge in [-0.25, -0.2) is 19.2 Å². The van der Waals surface area contributed by atoms with Gasteiger partial charge >= 0.3 is 23.9 Å². The van der Waals surface area contributed by atoms with E-state index < -0.39 is 26.7 Å². The topological polar surface area (TPSA) is 283 Å². The number of esters is 2. The fourth-order valence-electron chi connectivity index (χ4n) is 6.15.